The van der Waals surface area contributed by atoms with Crippen LogP contribution in [0, 0.1) is 0 Å². The normalized spacial score (nSPS) is 11.4. The molecule has 20 heavy (non-hydrogen) atoms. The van der Waals surface area contributed by atoms with E-state index in [1.54, 1.807) is 0 Å². The fourth-order valence-electron chi connectivity index (χ4n) is 2.62. The highest BCUT2D eigenvalue weighted by molar-refractivity contribution is 7.21. The summed E-state index contributed by atoms with van der Waals surface area (Å²) in [4.78, 5) is 0. The van der Waals surface area contributed by atoms with Crippen LogP contribution in [-0.4, -0.2) is 0 Å². The zero-order valence-electron chi connectivity index (χ0n) is 12.4. The second-order valence-electron chi connectivity index (χ2n) is 5.51. The van der Waals surface area contributed by atoms with Crippen LogP contribution in [-0.2, 0) is 14.1 Å². The van der Waals surface area contributed by atoms with Crippen molar-refractivity contribution < 1.29 is 9.13 Å². The minimum atomic E-state index is 0.551. The van der Waals surface area contributed by atoms with E-state index in [2.05, 4.69) is 79.7 Å². The van der Waals surface area contributed by atoms with Crippen LogP contribution < -0.4 is 9.13 Å². The van der Waals surface area contributed by atoms with Gasteiger partial charge < -0.3 is 0 Å². The number of pyridine rings is 1. The van der Waals surface area contributed by atoms with Gasteiger partial charge in [0.1, 0.15) is 18.8 Å². The van der Waals surface area contributed by atoms with E-state index in [9.17, 15) is 0 Å². The van der Waals surface area contributed by atoms with Crippen LogP contribution in [0.25, 0.3) is 20.9 Å². The van der Waals surface area contributed by atoms with Gasteiger partial charge in [-0.2, -0.15) is 9.13 Å². The van der Waals surface area contributed by atoms with Crippen LogP contribution in [0.3, 0.4) is 0 Å². The largest absolute Gasteiger partial charge is 0.335 e. The Balaban J connectivity index is 2.32. The van der Waals surface area contributed by atoms with Gasteiger partial charge in [-0.3, -0.25) is 0 Å². The molecule has 0 bridgehead atoms. The molecular weight excluding hydrogens is 264 g/mol. The average Bonchev–Trinajstić information content (AvgIpc) is 2.76. The lowest BCUT2D eigenvalue weighted by molar-refractivity contribution is -0.678. The monoisotopic (exact) mass is 284 g/mol. The van der Waals surface area contributed by atoms with Crippen LogP contribution in [0.15, 0.2) is 42.6 Å². The highest BCUT2D eigenvalue weighted by Crippen LogP contribution is 2.32. The number of hydrogen-bond acceptors (Lipinski definition) is 1. The molecule has 0 unspecified atom stereocenters. The summed E-state index contributed by atoms with van der Waals surface area (Å²) < 4.78 is 5.89. The minimum Gasteiger partial charge on any atom is -0.195 e. The van der Waals surface area contributed by atoms with E-state index in [1.165, 1.54) is 26.5 Å². The van der Waals surface area contributed by atoms with Crippen LogP contribution in [0.2, 0.25) is 0 Å². The third kappa shape index (κ3) is 2.02. The van der Waals surface area contributed by atoms with Crippen LogP contribution in [0.4, 0.5) is 0 Å². The Kier molecular flexibility index (Phi) is 3.30. The molecule has 1 aromatic carbocycles. The van der Waals surface area contributed by atoms with Gasteiger partial charge in [0.2, 0.25) is 5.52 Å². The molecule has 2 nitrogen and oxygen atoms in total. The highest BCUT2D eigenvalue weighted by Gasteiger charge is 2.26. The molecule has 0 spiro atoms. The molecule has 0 saturated heterocycles. The minimum absolute atomic E-state index is 0.551. The standard InChI is InChI=1S/C17H20N2S/c1-12(2)13-8-7-10-14-16(13)20-17(19(14)4)15-9-5-6-11-18(15)3/h5-12H,1-4H3/q+2. The highest BCUT2D eigenvalue weighted by atomic mass is 32.1. The molecule has 0 atom stereocenters. The second kappa shape index (κ2) is 4.98. The fourth-order valence-corrected chi connectivity index (χ4v) is 4.09. The van der Waals surface area contributed by atoms with E-state index in [0.717, 1.165) is 0 Å². The predicted molar refractivity (Wildman–Crippen MR) is 83.7 cm³/mol. The second-order valence-corrected chi connectivity index (χ2v) is 6.51. The summed E-state index contributed by atoms with van der Waals surface area (Å²) >= 11 is 1.89. The number of rotatable bonds is 2. The number of nitrogens with zero attached hydrogens (tertiary/aromatic N) is 2. The van der Waals surface area contributed by atoms with Gasteiger partial charge in [0.05, 0.1) is 0 Å². The van der Waals surface area contributed by atoms with Crippen molar-refractivity contribution in [3.8, 4) is 10.7 Å². The molecule has 3 rings (SSSR count). The van der Waals surface area contributed by atoms with E-state index >= 15 is 0 Å². The smallest absolute Gasteiger partial charge is 0.195 e. The molecule has 0 aliphatic carbocycles. The summed E-state index contributed by atoms with van der Waals surface area (Å²) in [6.07, 6.45) is 2.10. The zero-order chi connectivity index (χ0) is 14.3. The number of aromatic nitrogens is 2. The van der Waals surface area contributed by atoms with Crippen molar-refractivity contribution in [3.63, 3.8) is 0 Å². The lowest BCUT2D eigenvalue weighted by atomic mass is 10.0. The third-order valence-corrected chi connectivity index (χ3v) is 5.11. The van der Waals surface area contributed by atoms with E-state index in [0.29, 0.717) is 5.92 Å². The maximum atomic E-state index is 2.31. The van der Waals surface area contributed by atoms with Crippen molar-refractivity contribution in [2.45, 2.75) is 19.8 Å². The molecule has 102 valence electrons. The van der Waals surface area contributed by atoms with Gasteiger partial charge in [-0.1, -0.05) is 37.3 Å². The van der Waals surface area contributed by atoms with Gasteiger partial charge in [0.15, 0.2) is 6.20 Å². The Morgan fingerprint density at radius 3 is 2.50 bits per heavy atom. The van der Waals surface area contributed by atoms with Crippen LogP contribution >= 0.6 is 11.3 Å². The molecule has 3 heteroatoms. The number of hydrogen-bond donors (Lipinski definition) is 0. The Hall–Kier alpha value is -1.74. The molecule has 0 radical (unpaired) electrons. The van der Waals surface area contributed by atoms with E-state index in [1.807, 2.05) is 11.3 Å². The molecular formula is C17H20N2S+2. The Labute approximate surface area is 123 Å². The summed E-state index contributed by atoms with van der Waals surface area (Å²) in [5.74, 6) is 0.551. The molecule has 3 aromatic rings. The Morgan fingerprint density at radius 1 is 1.00 bits per heavy atom. The van der Waals surface area contributed by atoms with Crippen molar-refractivity contribution in [2.24, 2.45) is 14.1 Å². The van der Waals surface area contributed by atoms with Gasteiger partial charge >= 0.3 is 5.01 Å². The first-order chi connectivity index (χ1) is 9.59. The molecule has 0 N–H and O–H groups in total. The molecule has 0 amide bonds. The van der Waals surface area contributed by atoms with Crippen LogP contribution in [0.5, 0.6) is 0 Å². The molecule has 0 aliphatic rings. The van der Waals surface area contributed by atoms with Gasteiger partial charge in [-0.15, -0.1) is 0 Å². The first-order valence-electron chi connectivity index (χ1n) is 6.96. The lowest BCUT2D eigenvalue weighted by Gasteiger charge is -2.03. The maximum absolute atomic E-state index is 2.31. The van der Waals surface area contributed by atoms with E-state index < -0.39 is 0 Å². The molecule has 2 aromatic heterocycles. The van der Waals surface area contributed by atoms with E-state index in [4.69, 9.17) is 0 Å². The molecule has 0 fully saturated rings. The topological polar surface area (TPSA) is 7.76 Å². The SMILES string of the molecule is CC(C)c1cccc2c1sc(-c1cccc[n+]1C)[n+]2C. The first kappa shape index (κ1) is 13.3. The summed E-state index contributed by atoms with van der Waals surface area (Å²) in [5.41, 5.74) is 4.01. The fraction of sp³-hybridized carbons (Fsp3) is 0.294. The maximum Gasteiger partial charge on any atom is 0.335 e. The average molecular weight is 284 g/mol. The molecule has 0 aliphatic heterocycles. The summed E-state index contributed by atoms with van der Waals surface area (Å²) in [6.45, 7) is 4.52. The number of aryl methyl sites for hydroxylation is 2. The molecule has 2 heterocycles. The van der Waals surface area contributed by atoms with E-state index in [-0.39, 0.29) is 0 Å². The first-order valence-corrected chi connectivity index (χ1v) is 7.77. The van der Waals surface area contributed by atoms with Gasteiger partial charge in [-0.25, -0.2) is 0 Å². The quantitative estimate of drug-likeness (QED) is 0.638. The Bertz CT molecular complexity index is 772. The van der Waals surface area contributed by atoms with Crippen molar-refractivity contribution in [3.05, 3.63) is 48.2 Å². The molecule has 0 saturated carbocycles. The third-order valence-electron chi connectivity index (χ3n) is 3.79. The van der Waals surface area contributed by atoms with Gasteiger partial charge in [0, 0.05) is 18.2 Å². The number of fused-ring (bicyclic) bond motifs is 1. The predicted octanol–water partition coefficient (Wildman–Crippen LogP) is 3.34. The summed E-state index contributed by atoms with van der Waals surface area (Å²) in [7, 11) is 4.26. The van der Waals surface area contributed by atoms with Crippen molar-refractivity contribution in [2.75, 3.05) is 0 Å². The summed E-state index contributed by atoms with van der Waals surface area (Å²) in [5, 5.41) is 1.30. The van der Waals surface area contributed by atoms with Crippen molar-refractivity contribution in [1.82, 2.24) is 0 Å². The Morgan fingerprint density at radius 2 is 1.80 bits per heavy atom. The van der Waals surface area contributed by atoms with Crippen molar-refractivity contribution in [1.29, 1.82) is 0 Å². The van der Waals surface area contributed by atoms with Crippen molar-refractivity contribution >= 4 is 21.6 Å². The van der Waals surface area contributed by atoms with Gasteiger partial charge in [-0.05, 0) is 17.5 Å². The van der Waals surface area contributed by atoms with Gasteiger partial charge in [0.25, 0.3) is 5.69 Å². The number of benzene rings is 1. The summed E-state index contributed by atoms with van der Waals surface area (Å²) in [6, 6.07) is 13.0. The van der Waals surface area contributed by atoms with Crippen LogP contribution in [0.1, 0.15) is 25.3 Å². The lowest BCUT2D eigenvalue weighted by Crippen LogP contribution is -2.36. The zero-order valence-corrected chi connectivity index (χ0v) is 13.2. The number of thiazole rings is 1.